The van der Waals surface area contributed by atoms with Gasteiger partial charge in [-0.05, 0) is 25.9 Å². The monoisotopic (exact) mass is 211 g/mol. The molecule has 1 fully saturated rings. The maximum absolute atomic E-state index is 11.1. The number of nitrogens with one attached hydrogen (secondary N) is 2. The summed E-state index contributed by atoms with van der Waals surface area (Å²) >= 11 is 0. The van der Waals surface area contributed by atoms with Crippen LogP contribution in [0.15, 0.2) is 6.08 Å². The molecule has 1 heterocycles. The number of amides is 2. The van der Waals surface area contributed by atoms with Crippen LogP contribution in [0.5, 0.6) is 0 Å². The zero-order valence-corrected chi connectivity index (χ0v) is 8.79. The molecule has 1 rings (SSSR count). The third-order valence-electron chi connectivity index (χ3n) is 2.36. The summed E-state index contributed by atoms with van der Waals surface area (Å²) in [4.78, 5) is 23.2. The van der Waals surface area contributed by atoms with E-state index in [4.69, 9.17) is 0 Å². The molecule has 0 saturated carbocycles. The molecule has 0 aromatic carbocycles. The van der Waals surface area contributed by atoms with Crippen molar-refractivity contribution in [2.24, 2.45) is 0 Å². The average molecular weight is 211 g/mol. The molecule has 0 atom stereocenters. The van der Waals surface area contributed by atoms with Crippen LogP contribution in [-0.4, -0.2) is 49.6 Å². The Kier molecular flexibility index (Phi) is 5.51. The minimum Gasteiger partial charge on any atom is -0.337 e. The van der Waals surface area contributed by atoms with Crippen molar-refractivity contribution < 1.29 is 9.59 Å². The lowest BCUT2D eigenvalue weighted by Gasteiger charge is -2.14. The molecular formula is C10H17N3O2. The molecule has 1 aliphatic rings. The van der Waals surface area contributed by atoms with Crippen molar-refractivity contribution in [2.75, 3.05) is 32.7 Å². The standard InChI is InChI=1S/C10H17N3O2/c14-9-3-4-11-10(15)12-5-8-13-6-1-2-7-13/h3H,1-2,4-8H2,(H2,11,12,15). The molecule has 0 spiro atoms. The molecule has 1 saturated heterocycles. The highest BCUT2D eigenvalue weighted by molar-refractivity contribution is 5.74. The van der Waals surface area contributed by atoms with Crippen molar-refractivity contribution in [3.05, 3.63) is 6.08 Å². The summed E-state index contributed by atoms with van der Waals surface area (Å²) in [5.74, 6) is 1.60. The fraction of sp³-hybridized carbons (Fsp3) is 0.700. The average Bonchev–Trinajstić information content (AvgIpc) is 2.71. The van der Waals surface area contributed by atoms with Crippen molar-refractivity contribution in [1.29, 1.82) is 0 Å². The summed E-state index contributed by atoms with van der Waals surface area (Å²) in [7, 11) is 0. The number of rotatable bonds is 5. The molecule has 0 radical (unpaired) electrons. The van der Waals surface area contributed by atoms with Crippen LogP contribution in [0.3, 0.4) is 0 Å². The zero-order valence-electron chi connectivity index (χ0n) is 8.79. The molecule has 1 aliphatic heterocycles. The van der Waals surface area contributed by atoms with Gasteiger partial charge in [0.1, 0.15) is 5.94 Å². The van der Waals surface area contributed by atoms with Gasteiger partial charge < -0.3 is 15.5 Å². The van der Waals surface area contributed by atoms with Gasteiger partial charge in [0, 0.05) is 25.7 Å². The highest BCUT2D eigenvalue weighted by Gasteiger charge is 2.10. The minimum atomic E-state index is -0.235. The second-order valence-electron chi connectivity index (χ2n) is 3.51. The normalized spacial score (nSPS) is 15.7. The van der Waals surface area contributed by atoms with Gasteiger partial charge >= 0.3 is 6.03 Å². The largest absolute Gasteiger partial charge is 0.337 e. The van der Waals surface area contributed by atoms with Crippen LogP contribution in [0, 0.1) is 0 Å². The SMILES string of the molecule is O=C=CCNC(=O)NCCN1CCCC1. The second-order valence-corrected chi connectivity index (χ2v) is 3.51. The lowest BCUT2D eigenvalue weighted by atomic mass is 10.4. The van der Waals surface area contributed by atoms with Crippen LogP contribution in [0.25, 0.3) is 0 Å². The summed E-state index contributed by atoms with van der Waals surface area (Å²) in [6.45, 7) is 4.06. The van der Waals surface area contributed by atoms with Crippen molar-refractivity contribution in [1.82, 2.24) is 15.5 Å². The van der Waals surface area contributed by atoms with Crippen LogP contribution >= 0.6 is 0 Å². The van der Waals surface area contributed by atoms with E-state index in [1.165, 1.54) is 18.9 Å². The number of hydrogen-bond acceptors (Lipinski definition) is 3. The van der Waals surface area contributed by atoms with Gasteiger partial charge in [0.05, 0.1) is 0 Å². The third-order valence-corrected chi connectivity index (χ3v) is 2.36. The van der Waals surface area contributed by atoms with Gasteiger partial charge in [-0.1, -0.05) is 0 Å². The highest BCUT2D eigenvalue weighted by atomic mass is 16.2. The number of likely N-dealkylation sites (tertiary alicyclic amines) is 1. The van der Waals surface area contributed by atoms with Gasteiger partial charge in [-0.3, -0.25) is 0 Å². The van der Waals surface area contributed by atoms with Crippen LogP contribution in [-0.2, 0) is 4.79 Å². The summed E-state index contributed by atoms with van der Waals surface area (Å²) < 4.78 is 0. The highest BCUT2D eigenvalue weighted by Crippen LogP contribution is 2.05. The molecule has 0 aromatic heterocycles. The quantitative estimate of drug-likeness (QED) is 0.617. The second kappa shape index (κ2) is 7.04. The molecule has 0 aromatic rings. The number of carbonyl (C=O) groups is 1. The first-order chi connectivity index (χ1) is 7.33. The Labute approximate surface area is 89.5 Å². The summed E-state index contributed by atoms with van der Waals surface area (Å²) in [5, 5.41) is 5.25. The van der Waals surface area contributed by atoms with Crippen molar-refractivity contribution in [3.63, 3.8) is 0 Å². The van der Waals surface area contributed by atoms with Gasteiger partial charge in [0.25, 0.3) is 0 Å². The van der Waals surface area contributed by atoms with Gasteiger partial charge in [0.2, 0.25) is 0 Å². The Morgan fingerprint density at radius 3 is 2.73 bits per heavy atom. The van der Waals surface area contributed by atoms with E-state index < -0.39 is 0 Å². The van der Waals surface area contributed by atoms with E-state index in [9.17, 15) is 9.59 Å². The third kappa shape index (κ3) is 5.20. The molecule has 0 aliphatic carbocycles. The van der Waals surface area contributed by atoms with Crippen molar-refractivity contribution in [3.8, 4) is 0 Å². The van der Waals surface area contributed by atoms with Crippen LogP contribution in [0.4, 0.5) is 4.79 Å². The number of urea groups is 1. The van der Waals surface area contributed by atoms with Crippen LogP contribution < -0.4 is 10.6 Å². The van der Waals surface area contributed by atoms with Crippen LogP contribution in [0.1, 0.15) is 12.8 Å². The molecule has 2 N–H and O–H groups in total. The first kappa shape index (κ1) is 11.8. The van der Waals surface area contributed by atoms with Gasteiger partial charge in [-0.15, -0.1) is 0 Å². The summed E-state index contributed by atoms with van der Waals surface area (Å²) in [6, 6.07) is -0.235. The van der Waals surface area contributed by atoms with E-state index in [0.717, 1.165) is 19.6 Å². The van der Waals surface area contributed by atoms with Gasteiger partial charge in [-0.2, -0.15) is 0 Å². The van der Waals surface area contributed by atoms with E-state index >= 15 is 0 Å². The number of hydrogen-bond donors (Lipinski definition) is 2. The summed E-state index contributed by atoms with van der Waals surface area (Å²) in [5.41, 5.74) is 0. The Morgan fingerprint density at radius 2 is 2.07 bits per heavy atom. The Morgan fingerprint density at radius 1 is 1.33 bits per heavy atom. The van der Waals surface area contributed by atoms with E-state index in [2.05, 4.69) is 15.5 Å². The molecule has 2 amide bonds. The van der Waals surface area contributed by atoms with E-state index in [1.807, 2.05) is 0 Å². The smallest absolute Gasteiger partial charge is 0.315 e. The van der Waals surface area contributed by atoms with E-state index in [-0.39, 0.29) is 12.6 Å². The topological polar surface area (TPSA) is 61.4 Å². The minimum absolute atomic E-state index is 0.235. The number of nitrogens with zero attached hydrogens (tertiary/aromatic N) is 1. The number of carbonyl (C=O) groups excluding carboxylic acids is 2. The lowest BCUT2D eigenvalue weighted by molar-refractivity contribution is 0.239. The Hall–Kier alpha value is -1.32. The zero-order chi connectivity index (χ0) is 10.9. The molecule has 0 bridgehead atoms. The summed E-state index contributed by atoms with van der Waals surface area (Å²) in [6.07, 6.45) is 3.76. The predicted octanol–water partition coefficient (Wildman–Crippen LogP) is -0.231. The van der Waals surface area contributed by atoms with Crippen molar-refractivity contribution >= 4 is 12.0 Å². The Bertz CT molecular complexity index is 243. The van der Waals surface area contributed by atoms with Gasteiger partial charge in [0.15, 0.2) is 0 Å². The van der Waals surface area contributed by atoms with Gasteiger partial charge in [-0.25, -0.2) is 9.59 Å². The maximum atomic E-state index is 11.1. The molecule has 0 unspecified atom stereocenters. The maximum Gasteiger partial charge on any atom is 0.315 e. The molecular weight excluding hydrogens is 194 g/mol. The first-order valence-electron chi connectivity index (χ1n) is 5.26. The van der Waals surface area contributed by atoms with Crippen LogP contribution in [0.2, 0.25) is 0 Å². The predicted molar refractivity (Wildman–Crippen MR) is 57.3 cm³/mol. The fourth-order valence-corrected chi connectivity index (χ4v) is 1.58. The fourth-order valence-electron chi connectivity index (χ4n) is 1.58. The molecule has 5 nitrogen and oxygen atoms in total. The molecule has 84 valence electrons. The van der Waals surface area contributed by atoms with E-state index in [0.29, 0.717) is 6.54 Å². The lowest BCUT2D eigenvalue weighted by Crippen LogP contribution is -2.39. The first-order valence-corrected chi connectivity index (χ1v) is 5.26. The molecule has 15 heavy (non-hydrogen) atoms. The Balaban J connectivity index is 1.98. The molecule has 5 heteroatoms. The van der Waals surface area contributed by atoms with Crippen molar-refractivity contribution in [2.45, 2.75) is 12.8 Å². The van der Waals surface area contributed by atoms with E-state index in [1.54, 1.807) is 5.94 Å².